The smallest absolute Gasteiger partial charge is 0.168 e. The number of hydrogen-bond donors (Lipinski definition) is 1. The Kier molecular flexibility index (Phi) is 4.99. The maximum Gasteiger partial charge on any atom is 0.168 e. The molecule has 1 rings (SSSR count). The fourth-order valence-corrected chi connectivity index (χ4v) is 2.25. The molecule has 1 aromatic heterocycles. The molecule has 0 amide bonds. The summed E-state index contributed by atoms with van der Waals surface area (Å²) in [5.74, 6) is 0.197. The summed E-state index contributed by atoms with van der Waals surface area (Å²) in [5, 5.41) is 2.85. The van der Waals surface area contributed by atoms with Gasteiger partial charge >= 0.3 is 0 Å². The highest BCUT2D eigenvalue weighted by Gasteiger charge is 2.11. The highest BCUT2D eigenvalue weighted by atomic mass is 32.2. The van der Waals surface area contributed by atoms with Crippen LogP contribution in [0.4, 0.5) is 14.6 Å². The monoisotopic (exact) mass is 246 g/mol. The minimum absolute atomic E-state index is 0.0912. The summed E-state index contributed by atoms with van der Waals surface area (Å²) < 4.78 is 26.4. The molecule has 0 aliphatic rings. The van der Waals surface area contributed by atoms with Gasteiger partial charge in [0.25, 0.3) is 0 Å². The van der Waals surface area contributed by atoms with Crippen LogP contribution in [-0.4, -0.2) is 17.8 Å². The van der Waals surface area contributed by atoms with Gasteiger partial charge in [-0.25, -0.2) is 13.8 Å². The largest absolute Gasteiger partial charge is 0.371 e. The molecule has 1 heterocycles. The maximum atomic E-state index is 13.3. The fourth-order valence-electron chi connectivity index (χ4n) is 1.12. The quantitative estimate of drug-likeness (QED) is 0.804. The first-order valence-electron chi connectivity index (χ1n) is 5.21. The van der Waals surface area contributed by atoms with Crippen molar-refractivity contribution in [3.05, 3.63) is 17.7 Å². The number of thioether (sulfide) groups is 1. The molecule has 0 saturated heterocycles. The molecule has 0 aromatic carbocycles. The van der Waals surface area contributed by atoms with Crippen molar-refractivity contribution < 1.29 is 8.78 Å². The van der Waals surface area contributed by atoms with Crippen LogP contribution in [0.1, 0.15) is 20.3 Å². The number of halogens is 2. The average molecular weight is 246 g/mol. The molecule has 0 atom stereocenters. The highest BCUT2D eigenvalue weighted by Crippen LogP contribution is 2.24. The van der Waals surface area contributed by atoms with Gasteiger partial charge in [0, 0.05) is 13.1 Å². The van der Waals surface area contributed by atoms with Crippen LogP contribution in [-0.2, 0) is 0 Å². The van der Waals surface area contributed by atoms with Crippen molar-refractivity contribution in [3.63, 3.8) is 0 Å². The first-order chi connectivity index (χ1) is 7.54. The second kappa shape index (κ2) is 6.03. The molecule has 0 aliphatic carbocycles. The Morgan fingerprint density at radius 3 is 2.62 bits per heavy atom. The van der Waals surface area contributed by atoms with E-state index in [1.54, 1.807) is 7.05 Å². The van der Waals surface area contributed by atoms with Crippen molar-refractivity contribution in [2.75, 3.05) is 18.1 Å². The normalized spacial score (nSPS) is 10.9. The molecule has 0 unspecified atom stereocenters. The number of hydrogen-bond acceptors (Lipinski definition) is 3. The number of rotatable bonds is 5. The predicted molar refractivity (Wildman–Crippen MR) is 63.9 cm³/mol. The van der Waals surface area contributed by atoms with Crippen LogP contribution in [0.3, 0.4) is 0 Å². The van der Waals surface area contributed by atoms with Gasteiger partial charge < -0.3 is 5.32 Å². The van der Waals surface area contributed by atoms with Crippen molar-refractivity contribution in [1.82, 2.24) is 4.98 Å². The first kappa shape index (κ1) is 13.2. The maximum absolute atomic E-state index is 13.3. The fraction of sp³-hybridized carbons (Fsp3) is 0.545. The number of aromatic nitrogens is 1. The Bertz CT molecular complexity index is 356. The van der Waals surface area contributed by atoms with Gasteiger partial charge in [-0.1, -0.05) is 13.8 Å². The predicted octanol–water partition coefficient (Wildman–Crippen LogP) is 3.54. The first-order valence-corrected chi connectivity index (χ1v) is 6.19. The second-order valence-corrected chi connectivity index (χ2v) is 4.97. The van der Waals surface area contributed by atoms with E-state index in [9.17, 15) is 8.78 Å². The lowest BCUT2D eigenvalue weighted by atomic mass is 10.2. The van der Waals surface area contributed by atoms with Gasteiger partial charge in [0.2, 0.25) is 0 Å². The molecule has 0 aliphatic heterocycles. The molecule has 16 heavy (non-hydrogen) atoms. The molecular formula is C11H16F2N2S. The van der Waals surface area contributed by atoms with Crippen molar-refractivity contribution in [3.8, 4) is 0 Å². The van der Waals surface area contributed by atoms with Crippen LogP contribution >= 0.6 is 11.8 Å². The Morgan fingerprint density at radius 1 is 1.38 bits per heavy atom. The van der Waals surface area contributed by atoms with Crippen LogP contribution in [0.2, 0.25) is 0 Å². The van der Waals surface area contributed by atoms with Crippen molar-refractivity contribution in [1.29, 1.82) is 0 Å². The van der Waals surface area contributed by atoms with E-state index < -0.39 is 11.6 Å². The second-order valence-electron chi connectivity index (χ2n) is 3.89. The van der Waals surface area contributed by atoms with E-state index in [4.69, 9.17) is 0 Å². The van der Waals surface area contributed by atoms with Gasteiger partial charge in [-0.2, -0.15) is 0 Å². The van der Waals surface area contributed by atoms with Crippen LogP contribution in [0.5, 0.6) is 0 Å². The lowest BCUT2D eigenvalue weighted by Gasteiger charge is -2.07. The van der Waals surface area contributed by atoms with Gasteiger partial charge in [0.1, 0.15) is 5.03 Å². The Hall–Kier alpha value is -0.840. The summed E-state index contributed by atoms with van der Waals surface area (Å²) in [6, 6.07) is 0.872. The summed E-state index contributed by atoms with van der Waals surface area (Å²) in [6.45, 7) is 4.21. The summed E-state index contributed by atoms with van der Waals surface area (Å²) in [5.41, 5.74) is 0. The van der Waals surface area contributed by atoms with E-state index in [0.29, 0.717) is 5.92 Å². The summed E-state index contributed by atoms with van der Waals surface area (Å²) in [7, 11) is 1.56. The Balaban J connectivity index is 2.72. The summed E-state index contributed by atoms with van der Waals surface area (Å²) >= 11 is 1.32. The van der Waals surface area contributed by atoms with E-state index in [1.807, 2.05) is 0 Å². The zero-order chi connectivity index (χ0) is 12.1. The molecule has 0 bridgehead atoms. The lowest BCUT2D eigenvalue weighted by molar-refractivity contribution is 0.551. The van der Waals surface area contributed by atoms with Crippen LogP contribution in [0.25, 0.3) is 0 Å². The molecule has 0 radical (unpaired) electrons. The number of nitrogens with one attached hydrogen (secondary N) is 1. The summed E-state index contributed by atoms with van der Waals surface area (Å²) in [6.07, 6.45) is 0.984. The van der Waals surface area contributed by atoms with Crippen LogP contribution in [0.15, 0.2) is 11.1 Å². The van der Waals surface area contributed by atoms with E-state index in [2.05, 4.69) is 24.1 Å². The standard InChI is InChI=1S/C11H16F2N2S/c1-7(2)4-5-16-11-9(13)6-8(12)10(14-3)15-11/h6-7H,4-5H2,1-3H3,(H,14,15). The third-order valence-corrected chi connectivity index (χ3v) is 3.07. The van der Waals surface area contributed by atoms with Crippen LogP contribution < -0.4 is 5.32 Å². The van der Waals surface area contributed by atoms with Crippen molar-refractivity contribution >= 4 is 17.6 Å². The molecule has 0 saturated carbocycles. The molecule has 5 heteroatoms. The molecule has 2 nitrogen and oxygen atoms in total. The van der Waals surface area contributed by atoms with E-state index in [-0.39, 0.29) is 10.8 Å². The van der Waals surface area contributed by atoms with Gasteiger partial charge in [0.15, 0.2) is 17.5 Å². The Morgan fingerprint density at radius 2 is 2.06 bits per heavy atom. The van der Waals surface area contributed by atoms with Gasteiger partial charge in [0.05, 0.1) is 0 Å². The van der Waals surface area contributed by atoms with Crippen LogP contribution in [0, 0.1) is 17.6 Å². The number of nitrogens with zero attached hydrogens (tertiary/aromatic N) is 1. The molecule has 1 aromatic rings. The number of anilines is 1. The zero-order valence-corrected chi connectivity index (χ0v) is 10.5. The molecule has 0 spiro atoms. The van der Waals surface area contributed by atoms with E-state index >= 15 is 0 Å². The molecule has 0 fully saturated rings. The highest BCUT2D eigenvalue weighted by molar-refractivity contribution is 7.99. The molecule has 1 N–H and O–H groups in total. The van der Waals surface area contributed by atoms with E-state index in [0.717, 1.165) is 18.2 Å². The van der Waals surface area contributed by atoms with Gasteiger partial charge in [-0.15, -0.1) is 11.8 Å². The SMILES string of the molecule is CNc1nc(SCCC(C)C)c(F)cc1F. The van der Waals surface area contributed by atoms with Gasteiger partial charge in [-0.3, -0.25) is 0 Å². The third-order valence-electron chi connectivity index (χ3n) is 2.07. The minimum Gasteiger partial charge on any atom is -0.371 e. The molecule has 90 valence electrons. The van der Waals surface area contributed by atoms with Crippen molar-refractivity contribution in [2.45, 2.75) is 25.3 Å². The third kappa shape index (κ3) is 3.63. The lowest BCUT2D eigenvalue weighted by Crippen LogP contribution is -2.00. The van der Waals surface area contributed by atoms with E-state index in [1.165, 1.54) is 11.8 Å². The average Bonchev–Trinajstić information content (AvgIpc) is 2.20. The summed E-state index contributed by atoms with van der Waals surface area (Å²) in [4.78, 5) is 3.89. The Labute approximate surface area is 98.8 Å². The van der Waals surface area contributed by atoms with Gasteiger partial charge in [-0.05, 0) is 18.1 Å². The topological polar surface area (TPSA) is 24.9 Å². The minimum atomic E-state index is -0.659. The number of pyridine rings is 1. The van der Waals surface area contributed by atoms with Crippen molar-refractivity contribution in [2.24, 2.45) is 5.92 Å². The molecular weight excluding hydrogens is 230 g/mol. The zero-order valence-electron chi connectivity index (χ0n) is 9.68.